The smallest absolute Gasteiger partial charge is 0.306 e. The largest absolute Gasteiger partial charge is 0.462 e. The lowest BCUT2D eigenvalue weighted by atomic mass is 10.1. The standard InChI is InChI=1S/C56H94O6/c1-4-7-10-13-16-19-22-24-26-28-29-31-32-34-37-40-43-46-49-55(58)61-52-53(51-60-54(57)48-45-42-39-36-21-18-15-12-9-6-3)62-56(59)50-47-44-41-38-35-33-30-27-25-23-20-17-14-11-8-5-2/h8,11,16-17,19-20,22,24-29,31,53H,4-7,9-10,12-15,18,21,23,30,32-52H2,1-3H3/b11-8-,19-16-,20-17-,24-22-,27-25-,28-26-,31-29-. The van der Waals surface area contributed by atoms with Crippen LogP contribution in [0.3, 0.4) is 0 Å². The number of carbonyl (C=O) groups excluding carboxylic acids is 3. The lowest BCUT2D eigenvalue weighted by molar-refractivity contribution is -0.167. The average molecular weight is 863 g/mol. The van der Waals surface area contributed by atoms with Gasteiger partial charge < -0.3 is 14.2 Å². The van der Waals surface area contributed by atoms with E-state index in [0.29, 0.717) is 19.3 Å². The summed E-state index contributed by atoms with van der Waals surface area (Å²) < 4.78 is 16.8. The first kappa shape index (κ1) is 58.6. The van der Waals surface area contributed by atoms with Gasteiger partial charge >= 0.3 is 17.9 Å². The second-order valence-corrected chi connectivity index (χ2v) is 16.8. The highest BCUT2D eigenvalue weighted by Gasteiger charge is 2.19. The molecule has 0 heterocycles. The second-order valence-electron chi connectivity index (χ2n) is 16.8. The van der Waals surface area contributed by atoms with E-state index in [-0.39, 0.29) is 31.1 Å². The molecule has 0 aliphatic rings. The number of hydrogen-bond donors (Lipinski definition) is 0. The van der Waals surface area contributed by atoms with Crippen molar-refractivity contribution < 1.29 is 28.6 Å². The molecule has 0 N–H and O–H groups in total. The Labute approximate surface area is 382 Å². The number of unbranched alkanes of at least 4 members (excludes halogenated alkanes) is 23. The average Bonchev–Trinajstić information content (AvgIpc) is 3.27. The molecule has 0 rings (SSSR count). The van der Waals surface area contributed by atoms with Crippen molar-refractivity contribution in [3.8, 4) is 0 Å². The molecule has 6 heteroatoms. The third-order valence-electron chi connectivity index (χ3n) is 10.7. The fourth-order valence-electron chi connectivity index (χ4n) is 6.88. The highest BCUT2D eigenvalue weighted by Crippen LogP contribution is 2.14. The molecule has 1 unspecified atom stereocenters. The zero-order chi connectivity index (χ0) is 45.1. The van der Waals surface area contributed by atoms with Crippen LogP contribution in [0, 0.1) is 0 Å². The molecule has 6 nitrogen and oxygen atoms in total. The molecule has 0 aromatic rings. The van der Waals surface area contributed by atoms with Gasteiger partial charge in [-0.2, -0.15) is 0 Å². The molecule has 0 aliphatic heterocycles. The molecule has 1 atom stereocenters. The summed E-state index contributed by atoms with van der Waals surface area (Å²) in [5.74, 6) is -0.928. The van der Waals surface area contributed by atoms with Crippen molar-refractivity contribution >= 4 is 17.9 Å². The van der Waals surface area contributed by atoms with E-state index in [9.17, 15) is 14.4 Å². The van der Waals surface area contributed by atoms with Gasteiger partial charge in [-0.25, -0.2) is 0 Å². The fraction of sp³-hybridized carbons (Fsp3) is 0.696. The first-order chi connectivity index (χ1) is 30.5. The predicted molar refractivity (Wildman–Crippen MR) is 265 cm³/mol. The zero-order valence-corrected chi connectivity index (χ0v) is 40.4. The third kappa shape index (κ3) is 47.6. The molecule has 0 amide bonds. The third-order valence-corrected chi connectivity index (χ3v) is 10.7. The van der Waals surface area contributed by atoms with Crippen molar-refractivity contribution in [1.82, 2.24) is 0 Å². The van der Waals surface area contributed by atoms with Gasteiger partial charge in [0.15, 0.2) is 6.10 Å². The monoisotopic (exact) mass is 863 g/mol. The van der Waals surface area contributed by atoms with Gasteiger partial charge in [0.2, 0.25) is 0 Å². The van der Waals surface area contributed by atoms with Crippen molar-refractivity contribution in [3.63, 3.8) is 0 Å². The summed E-state index contributed by atoms with van der Waals surface area (Å²) in [4.78, 5) is 37.9. The lowest BCUT2D eigenvalue weighted by Crippen LogP contribution is -2.30. The Bertz CT molecular complexity index is 1220. The summed E-state index contributed by atoms with van der Waals surface area (Å²) in [5, 5.41) is 0. The molecule has 0 radical (unpaired) electrons. The summed E-state index contributed by atoms with van der Waals surface area (Å²) in [7, 11) is 0. The molecule has 0 fully saturated rings. The Kier molecular flexibility index (Phi) is 47.5. The van der Waals surface area contributed by atoms with Gasteiger partial charge in [0.05, 0.1) is 0 Å². The van der Waals surface area contributed by atoms with Crippen LogP contribution in [0.15, 0.2) is 85.1 Å². The quantitative estimate of drug-likeness (QED) is 0.0199. The van der Waals surface area contributed by atoms with Crippen LogP contribution in [0.25, 0.3) is 0 Å². The second kappa shape index (κ2) is 50.2. The molecule has 0 aromatic carbocycles. The fourth-order valence-corrected chi connectivity index (χ4v) is 6.88. The molecule has 0 bridgehead atoms. The normalized spacial score (nSPS) is 12.8. The van der Waals surface area contributed by atoms with Crippen molar-refractivity contribution in [2.45, 2.75) is 239 Å². The maximum atomic E-state index is 12.8. The van der Waals surface area contributed by atoms with Crippen LogP contribution in [0.1, 0.15) is 233 Å². The van der Waals surface area contributed by atoms with Gasteiger partial charge in [-0.05, 0) is 77.0 Å². The molecular formula is C56H94O6. The van der Waals surface area contributed by atoms with Crippen LogP contribution in [0.4, 0.5) is 0 Å². The Morgan fingerprint density at radius 2 is 0.694 bits per heavy atom. The number of esters is 3. The van der Waals surface area contributed by atoms with Crippen molar-refractivity contribution in [3.05, 3.63) is 85.1 Å². The van der Waals surface area contributed by atoms with Gasteiger partial charge in [-0.1, -0.05) is 221 Å². The Balaban J connectivity index is 4.43. The topological polar surface area (TPSA) is 78.9 Å². The Morgan fingerprint density at radius 1 is 0.355 bits per heavy atom. The van der Waals surface area contributed by atoms with Crippen LogP contribution in [0.2, 0.25) is 0 Å². The Morgan fingerprint density at radius 3 is 1.16 bits per heavy atom. The van der Waals surface area contributed by atoms with E-state index in [0.717, 1.165) is 116 Å². The van der Waals surface area contributed by atoms with Gasteiger partial charge in [-0.15, -0.1) is 0 Å². The van der Waals surface area contributed by atoms with E-state index in [2.05, 4.69) is 106 Å². The lowest BCUT2D eigenvalue weighted by Gasteiger charge is -2.18. The number of allylic oxidation sites excluding steroid dienone is 14. The van der Waals surface area contributed by atoms with Crippen LogP contribution in [0.5, 0.6) is 0 Å². The molecule has 354 valence electrons. The minimum absolute atomic E-state index is 0.0892. The molecule has 0 saturated carbocycles. The van der Waals surface area contributed by atoms with Crippen LogP contribution < -0.4 is 0 Å². The highest BCUT2D eigenvalue weighted by atomic mass is 16.6. The van der Waals surface area contributed by atoms with E-state index >= 15 is 0 Å². The number of hydrogen-bond acceptors (Lipinski definition) is 6. The SMILES string of the molecule is CC/C=C\C/C=C\C/C=C\CCCCCCCCC(=O)OC(COC(=O)CCCCCCC\C=C/C=C\C=C/C=C\CCCCC)COC(=O)CCCCCCCCCCCC. The molecular weight excluding hydrogens is 769 g/mol. The van der Waals surface area contributed by atoms with Gasteiger partial charge in [0, 0.05) is 19.3 Å². The summed E-state index contributed by atoms with van der Waals surface area (Å²) >= 11 is 0. The summed E-state index contributed by atoms with van der Waals surface area (Å²) in [5.41, 5.74) is 0. The maximum absolute atomic E-state index is 12.8. The summed E-state index contributed by atoms with van der Waals surface area (Å²) in [6, 6.07) is 0. The maximum Gasteiger partial charge on any atom is 0.306 e. The highest BCUT2D eigenvalue weighted by molar-refractivity contribution is 5.71. The number of ether oxygens (including phenoxy) is 3. The first-order valence-corrected chi connectivity index (χ1v) is 25.6. The van der Waals surface area contributed by atoms with E-state index in [1.807, 2.05) is 0 Å². The van der Waals surface area contributed by atoms with Crippen LogP contribution in [-0.4, -0.2) is 37.2 Å². The molecule has 62 heavy (non-hydrogen) atoms. The predicted octanol–water partition coefficient (Wildman–Crippen LogP) is 16.8. The number of carbonyl (C=O) groups is 3. The van der Waals surface area contributed by atoms with Crippen LogP contribution in [-0.2, 0) is 28.6 Å². The Hall–Kier alpha value is -3.41. The molecule has 0 spiro atoms. The van der Waals surface area contributed by atoms with Crippen molar-refractivity contribution in [2.75, 3.05) is 13.2 Å². The minimum Gasteiger partial charge on any atom is -0.462 e. The van der Waals surface area contributed by atoms with Crippen molar-refractivity contribution in [1.29, 1.82) is 0 Å². The minimum atomic E-state index is -0.791. The van der Waals surface area contributed by atoms with Gasteiger partial charge in [0.25, 0.3) is 0 Å². The van der Waals surface area contributed by atoms with E-state index in [1.165, 1.54) is 77.0 Å². The zero-order valence-electron chi connectivity index (χ0n) is 40.4. The van der Waals surface area contributed by atoms with Crippen molar-refractivity contribution in [2.24, 2.45) is 0 Å². The summed E-state index contributed by atoms with van der Waals surface area (Å²) in [6.07, 6.45) is 64.1. The van der Waals surface area contributed by atoms with E-state index in [4.69, 9.17) is 14.2 Å². The van der Waals surface area contributed by atoms with Gasteiger partial charge in [0.1, 0.15) is 13.2 Å². The van der Waals surface area contributed by atoms with E-state index < -0.39 is 6.10 Å². The molecule has 0 aromatic heterocycles. The van der Waals surface area contributed by atoms with Crippen LogP contribution >= 0.6 is 0 Å². The number of rotatable bonds is 45. The first-order valence-electron chi connectivity index (χ1n) is 25.6. The van der Waals surface area contributed by atoms with E-state index in [1.54, 1.807) is 0 Å². The molecule has 0 saturated heterocycles. The molecule has 0 aliphatic carbocycles. The summed E-state index contributed by atoms with van der Waals surface area (Å²) in [6.45, 7) is 6.44. The van der Waals surface area contributed by atoms with Gasteiger partial charge in [-0.3, -0.25) is 14.4 Å².